The maximum Gasteiger partial charge on any atom is 0.241 e. The molecule has 1 aromatic carbocycles. The van der Waals surface area contributed by atoms with E-state index in [1.165, 1.54) is 5.56 Å². The number of amides is 1. The van der Waals surface area contributed by atoms with E-state index >= 15 is 0 Å². The summed E-state index contributed by atoms with van der Waals surface area (Å²) >= 11 is 5.09. The van der Waals surface area contributed by atoms with Gasteiger partial charge >= 0.3 is 0 Å². The van der Waals surface area contributed by atoms with Crippen molar-refractivity contribution in [3.63, 3.8) is 0 Å². The number of benzene rings is 1. The molecule has 0 spiro atoms. The monoisotopic (exact) mass is 431 g/mol. The molecule has 134 valence electrons. The van der Waals surface area contributed by atoms with Gasteiger partial charge in [0.15, 0.2) is 0 Å². The van der Waals surface area contributed by atoms with Gasteiger partial charge in [0.1, 0.15) is 0 Å². The summed E-state index contributed by atoms with van der Waals surface area (Å²) in [5, 5.41) is 8.11. The molecule has 26 heavy (non-hydrogen) atoms. The molecule has 0 aliphatic carbocycles. The molecular weight excluding hydrogens is 414 g/mol. The number of fused-ring (bicyclic) bond motifs is 1. The number of halogens is 1. The fraction of sp³-hybridized carbons (Fsp3) is 0.278. The molecule has 3 heterocycles. The van der Waals surface area contributed by atoms with Gasteiger partial charge in [0.25, 0.3) is 0 Å². The molecule has 1 N–H and O–H groups in total. The van der Waals surface area contributed by atoms with Crippen LogP contribution in [0.5, 0.6) is 0 Å². The maximum atomic E-state index is 12.7. The first-order valence-corrected chi connectivity index (χ1v) is 9.95. The van der Waals surface area contributed by atoms with Crippen LogP contribution in [-0.2, 0) is 17.8 Å². The van der Waals surface area contributed by atoms with Crippen LogP contribution in [-0.4, -0.2) is 38.7 Å². The Labute approximate surface area is 164 Å². The van der Waals surface area contributed by atoms with Crippen LogP contribution in [0.15, 0.2) is 47.3 Å². The zero-order chi connectivity index (χ0) is 18.1. The number of aromatic nitrogens is 3. The van der Waals surface area contributed by atoms with Gasteiger partial charge in [-0.25, -0.2) is 9.67 Å². The van der Waals surface area contributed by atoms with E-state index in [0.29, 0.717) is 6.54 Å². The first-order valence-electron chi connectivity index (χ1n) is 8.34. The highest BCUT2D eigenvalue weighted by atomic mass is 79.9. The van der Waals surface area contributed by atoms with Gasteiger partial charge in [-0.3, -0.25) is 9.69 Å². The van der Waals surface area contributed by atoms with E-state index in [9.17, 15) is 4.79 Å². The summed E-state index contributed by atoms with van der Waals surface area (Å²) in [7, 11) is 1.99. The zero-order valence-electron chi connectivity index (χ0n) is 14.2. The second-order valence-electron chi connectivity index (χ2n) is 6.32. The maximum absolute atomic E-state index is 12.7. The summed E-state index contributed by atoms with van der Waals surface area (Å²) in [6.45, 7) is 0.678. The highest BCUT2D eigenvalue weighted by Gasteiger charge is 2.27. The van der Waals surface area contributed by atoms with Crippen molar-refractivity contribution in [2.24, 2.45) is 0 Å². The van der Waals surface area contributed by atoms with Crippen molar-refractivity contribution in [3.8, 4) is 5.13 Å². The van der Waals surface area contributed by atoms with Gasteiger partial charge in [0, 0.05) is 40.2 Å². The number of aryl methyl sites for hydroxylation is 1. The van der Waals surface area contributed by atoms with Crippen LogP contribution in [0.2, 0.25) is 0 Å². The average molecular weight is 432 g/mol. The second-order valence-corrected chi connectivity index (χ2v) is 8.33. The number of hydrogen-bond acceptors (Lipinski definition) is 5. The number of nitrogens with one attached hydrogen (secondary N) is 1. The van der Waals surface area contributed by atoms with E-state index in [1.807, 2.05) is 37.6 Å². The Balaban J connectivity index is 1.47. The van der Waals surface area contributed by atoms with Crippen LogP contribution in [0.3, 0.4) is 0 Å². The first-order chi connectivity index (χ1) is 12.6. The number of carbonyl (C=O) groups excluding carboxylic acids is 1. The first kappa shape index (κ1) is 17.4. The van der Waals surface area contributed by atoms with Gasteiger partial charge in [-0.2, -0.15) is 5.10 Å². The van der Waals surface area contributed by atoms with Crippen LogP contribution in [0.1, 0.15) is 16.9 Å². The highest BCUT2D eigenvalue weighted by Crippen LogP contribution is 2.27. The third kappa shape index (κ3) is 3.58. The minimum atomic E-state index is -0.170. The predicted molar refractivity (Wildman–Crippen MR) is 106 cm³/mol. The van der Waals surface area contributed by atoms with E-state index in [0.717, 1.165) is 33.0 Å². The highest BCUT2D eigenvalue weighted by molar-refractivity contribution is 9.10. The molecule has 0 saturated carbocycles. The van der Waals surface area contributed by atoms with Gasteiger partial charge in [-0.1, -0.05) is 27.3 Å². The van der Waals surface area contributed by atoms with Crippen molar-refractivity contribution in [1.82, 2.24) is 19.7 Å². The van der Waals surface area contributed by atoms with Crippen molar-refractivity contribution in [2.75, 3.05) is 12.4 Å². The Morgan fingerprint density at radius 3 is 3.15 bits per heavy atom. The molecule has 0 bridgehead atoms. The Hall–Kier alpha value is -2.03. The lowest BCUT2D eigenvalue weighted by Gasteiger charge is -2.24. The predicted octanol–water partition coefficient (Wildman–Crippen LogP) is 3.48. The number of likely N-dealkylation sites (N-methyl/N-ethyl adjacent to an activating group) is 1. The van der Waals surface area contributed by atoms with Crippen LogP contribution in [0, 0.1) is 0 Å². The molecule has 4 rings (SSSR count). The number of rotatable bonds is 4. The third-order valence-electron chi connectivity index (χ3n) is 4.49. The average Bonchev–Trinajstić information content (AvgIpc) is 3.25. The summed E-state index contributed by atoms with van der Waals surface area (Å²) in [6, 6.07) is 7.70. The number of hydrogen-bond donors (Lipinski definition) is 1. The molecule has 6 nitrogen and oxygen atoms in total. The van der Waals surface area contributed by atoms with Gasteiger partial charge in [-0.15, -0.1) is 0 Å². The largest absolute Gasteiger partial charge is 0.324 e. The van der Waals surface area contributed by atoms with Crippen LogP contribution in [0.4, 0.5) is 5.69 Å². The van der Waals surface area contributed by atoms with Crippen LogP contribution in [0.25, 0.3) is 5.13 Å². The summed E-state index contributed by atoms with van der Waals surface area (Å²) < 4.78 is 2.79. The van der Waals surface area contributed by atoms with Crippen LogP contribution < -0.4 is 5.32 Å². The number of anilines is 1. The molecule has 0 saturated heterocycles. The molecule has 0 fully saturated rings. The van der Waals surface area contributed by atoms with Gasteiger partial charge in [-0.05, 0) is 49.7 Å². The third-order valence-corrected chi connectivity index (χ3v) is 5.96. The van der Waals surface area contributed by atoms with E-state index in [1.54, 1.807) is 22.2 Å². The second kappa shape index (κ2) is 7.30. The summed E-state index contributed by atoms with van der Waals surface area (Å²) in [4.78, 5) is 20.3. The van der Waals surface area contributed by atoms with Crippen LogP contribution >= 0.6 is 27.3 Å². The van der Waals surface area contributed by atoms with Crippen molar-refractivity contribution >= 4 is 38.9 Å². The molecule has 1 aliphatic heterocycles. The lowest BCUT2D eigenvalue weighted by Crippen LogP contribution is -2.40. The minimum absolute atomic E-state index is 0.0467. The zero-order valence-corrected chi connectivity index (χ0v) is 16.6. The molecule has 1 aliphatic rings. The van der Waals surface area contributed by atoms with Crippen molar-refractivity contribution < 1.29 is 4.79 Å². The topological polar surface area (TPSA) is 63.1 Å². The van der Waals surface area contributed by atoms with Crippen molar-refractivity contribution in [1.29, 1.82) is 0 Å². The smallest absolute Gasteiger partial charge is 0.241 e. The normalized spacial score (nSPS) is 17.0. The quantitative estimate of drug-likeness (QED) is 0.686. The molecule has 1 unspecified atom stereocenters. The summed E-state index contributed by atoms with van der Waals surface area (Å²) in [5.41, 5.74) is 2.08. The van der Waals surface area contributed by atoms with E-state index in [2.05, 4.69) is 42.3 Å². The van der Waals surface area contributed by atoms with E-state index in [4.69, 9.17) is 0 Å². The Bertz CT molecular complexity index is 924. The van der Waals surface area contributed by atoms with Gasteiger partial charge < -0.3 is 5.32 Å². The minimum Gasteiger partial charge on any atom is -0.324 e. The fourth-order valence-corrected chi connectivity index (χ4v) is 4.49. The molecule has 0 radical (unpaired) electrons. The molecule has 2 aromatic heterocycles. The molecule has 3 aromatic rings. The summed E-state index contributed by atoms with van der Waals surface area (Å²) in [5.74, 6) is 0.0467. The van der Waals surface area contributed by atoms with E-state index < -0.39 is 0 Å². The van der Waals surface area contributed by atoms with E-state index in [-0.39, 0.29) is 11.9 Å². The van der Waals surface area contributed by atoms with Gasteiger partial charge in [0.2, 0.25) is 11.0 Å². The van der Waals surface area contributed by atoms with Crippen molar-refractivity contribution in [3.05, 3.63) is 57.8 Å². The SMILES string of the molecule is CN(Cc1cnc(-n2cccn2)s1)C1CCc2cc(Br)ccc2NC1=O. The standard InChI is InChI=1S/C18H18BrN5OS/c1-23(11-14-10-20-18(26-14)24-8-2-7-21-24)16-6-3-12-9-13(19)4-5-15(12)22-17(16)25/h2,4-5,7-10,16H,3,6,11H2,1H3,(H,22,25). The van der Waals surface area contributed by atoms with Crippen molar-refractivity contribution in [2.45, 2.75) is 25.4 Å². The Morgan fingerprint density at radius 1 is 1.46 bits per heavy atom. The molecule has 1 amide bonds. The summed E-state index contributed by atoms with van der Waals surface area (Å²) in [6.07, 6.45) is 7.12. The lowest BCUT2D eigenvalue weighted by molar-refractivity contribution is -0.121. The number of nitrogens with zero attached hydrogens (tertiary/aromatic N) is 4. The molecular formula is C18H18BrN5OS. The Kier molecular flexibility index (Phi) is 4.88. The number of carbonyl (C=O) groups is 1. The Morgan fingerprint density at radius 2 is 2.35 bits per heavy atom. The molecule has 8 heteroatoms. The van der Waals surface area contributed by atoms with Gasteiger partial charge in [0.05, 0.1) is 6.04 Å². The fourth-order valence-electron chi connectivity index (χ4n) is 3.17. The molecule has 1 atom stereocenters. The number of thiazole rings is 1. The lowest BCUT2D eigenvalue weighted by atomic mass is 10.1.